The van der Waals surface area contributed by atoms with Crippen LogP contribution in [0.25, 0.3) is 10.7 Å². The van der Waals surface area contributed by atoms with Crippen LogP contribution in [0, 0.1) is 0 Å². The molecule has 10 heteroatoms. The van der Waals surface area contributed by atoms with Gasteiger partial charge in [-0.05, 0) is 29.8 Å². The number of aliphatic hydroxyl groups is 1. The minimum absolute atomic E-state index is 0.0266. The van der Waals surface area contributed by atoms with Crippen LogP contribution < -0.4 is 14.8 Å². The van der Waals surface area contributed by atoms with E-state index in [1.807, 2.05) is 30.3 Å². The van der Waals surface area contributed by atoms with Crippen molar-refractivity contribution in [2.24, 2.45) is 0 Å². The van der Waals surface area contributed by atoms with Gasteiger partial charge in [0.2, 0.25) is 5.13 Å². The summed E-state index contributed by atoms with van der Waals surface area (Å²) in [5, 5.41) is 21.2. The molecule has 1 atom stereocenters. The molecular weight excluding hydrogens is 442 g/mol. The van der Waals surface area contributed by atoms with E-state index in [1.54, 1.807) is 30.5 Å². The fraction of sp³-hybridized carbons (Fsp3) is 0.174. The van der Waals surface area contributed by atoms with Crippen LogP contribution in [-0.4, -0.2) is 44.9 Å². The van der Waals surface area contributed by atoms with E-state index in [2.05, 4.69) is 25.5 Å². The lowest BCUT2D eigenvalue weighted by Gasteiger charge is -2.20. The van der Waals surface area contributed by atoms with Gasteiger partial charge in [-0.2, -0.15) is 0 Å². The van der Waals surface area contributed by atoms with Crippen molar-refractivity contribution in [1.82, 2.24) is 20.2 Å². The molecule has 9 nitrogen and oxygen atoms in total. The lowest BCUT2D eigenvalue weighted by Crippen LogP contribution is -2.13. The number of methoxy groups -OCH3 is 1. The first-order chi connectivity index (χ1) is 16.2. The number of nitrogens with one attached hydrogen (secondary N) is 1. The Morgan fingerprint density at radius 3 is 2.70 bits per heavy atom. The quantitative estimate of drug-likeness (QED) is 0.385. The Hall–Kier alpha value is -3.89. The number of hydrogen-bond donors (Lipinski definition) is 2. The lowest BCUT2D eigenvalue weighted by atomic mass is 10.1. The van der Waals surface area contributed by atoms with Gasteiger partial charge in [-0.1, -0.05) is 41.7 Å². The molecule has 0 radical (unpaired) electrons. The van der Waals surface area contributed by atoms with Crippen molar-refractivity contribution in [1.29, 1.82) is 0 Å². The molecule has 2 aromatic heterocycles. The van der Waals surface area contributed by atoms with Gasteiger partial charge < -0.3 is 14.6 Å². The van der Waals surface area contributed by atoms with Crippen molar-refractivity contribution >= 4 is 22.4 Å². The number of rotatable bonds is 9. The van der Waals surface area contributed by atoms with Gasteiger partial charge in [0.1, 0.15) is 18.1 Å². The number of nitrogens with zero attached hydrogens (tertiary/aromatic N) is 4. The van der Waals surface area contributed by atoms with Crippen LogP contribution in [-0.2, 0) is 0 Å². The Morgan fingerprint density at radius 1 is 1.12 bits per heavy atom. The highest BCUT2D eigenvalue weighted by Gasteiger charge is 2.18. The van der Waals surface area contributed by atoms with Gasteiger partial charge in [-0.3, -0.25) is 10.1 Å². The van der Waals surface area contributed by atoms with Gasteiger partial charge in [0.05, 0.1) is 7.11 Å². The lowest BCUT2D eigenvalue weighted by molar-refractivity contribution is 0.102. The van der Waals surface area contributed by atoms with E-state index < -0.39 is 0 Å². The topological polar surface area (TPSA) is 119 Å². The SMILES string of the molecule is COc1cc(C(=O)Nc2nnc(-c3ccncn3)s2)ccc1O[C@@H](CCO)c1ccccc1. The number of benzene rings is 2. The molecule has 2 aromatic carbocycles. The molecule has 0 saturated carbocycles. The third-order valence-corrected chi connectivity index (χ3v) is 5.57. The summed E-state index contributed by atoms with van der Waals surface area (Å²) in [5.74, 6) is 0.513. The molecule has 4 rings (SSSR count). The van der Waals surface area contributed by atoms with E-state index in [0.29, 0.717) is 39.3 Å². The van der Waals surface area contributed by atoms with Gasteiger partial charge in [-0.25, -0.2) is 9.97 Å². The predicted octanol–water partition coefficient (Wildman–Crippen LogP) is 3.76. The first-order valence-electron chi connectivity index (χ1n) is 10.1. The molecule has 0 aliphatic rings. The summed E-state index contributed by atoms with van der Waals surface area (Å²) in [7, 11) is 1.51. The molecular formula is C23H21N5O4S. The third kappa shape index (κ3) is 5.48. The zero-order valence-electron chi connectivity index (χ0n) is 17.7. The van der Waals surface area contributed by atoms with Crippen LogP contribution >= 0.6 is 11.3 Å². The average Bonchev–Trinajstić information content (AvgIpc) is 3.33. The number of ether oxygens (including phenoxy) is 2. The van der Waals surface area contributed by atoms with Crippen molar-refractivity contribution < 1.29 is 19.4 Å². The van der Waals surface area contributed by atoms with E-state index in [9.17, 15) is 9.90 Å². The summed E-state index contributed by atoms with van der Waals surface area (Å²) in [6.07, 6.45) is 3.10. The summed E-state index contributed by atoms with van der Waals surface area (Å²) in [6.45, 7) is -0.0266. The number of hydrogen-bond acceptors (Lipinski definition) is 9. The molecule has 1 amide bonds. The number of carbonyl (C=O) groups is 1. The Balaban J connectivity index is 1.49. The Labute approximate surface area is 194 Å². The van der Waals surface area contributed by atoms with Gasteiger partial charge in [0.25, 0.3) is 5.91 Å². The second-order valence-electron chi connectivity index (χ2n) is 6.86. The van der Waals surface area contributed by atoms with Gasteiger partial charge in [-0.15, -0.1) is 10.2 Å². The van der Waals surface area contributed by atoms with Crippen LogP contribution in [0.15, 0.2) is 67.1 Å². The van der Waals surface area contributed by atoms with Gasteiger partial charge in [0, 0.05) is 24.8 Å². The molecule has 0 saturated heterocycles. The predicted molar refractivity (Wildman–Crippen MR) is 123 cm³/mol. The summed E-state index contributed by atoms with van der Waals surface area (Å²) < 4.78 is 11.6. The fourth-order valence-electron chi connectivity index (χ4n) is 3.10. The van der Waals surface area contributed by atoms with Crippen LogP contribution in [0.4, 0.5) is 5.13 Å². The van der Waals surface area contributed by atoms with Crippen molar-refractivity contribution in [3.63, 3.8) is 0 Å². The molecule has 0 bridgehead atoms. The third-order valence-electron chi connectivity index (χ3n) is 4.70. The molecule has 2 heterocycles. The van der Waals surface area contributed by atoms with E-state index in [1.165, 1.54) is 24.8 Å². The van der Waals surface area contributed by atoms with E-state index in [4.69, 9.17) is 9.47 Å². The first-order valence-corrected chi connectivity index (χ1v) is 10.9. The zero-order valence-corrected chi connectivity index (χ0v) is 18.5. The number of carbonyl (C=O) groups excluding carboxylic acids is 1. The van der Waals surface area contributed by atoms with Crippen molar-refractivity contribution in [3.05, 3.63) is 78.2 Å². The first kappa shape index (κ1) is 22.3. The van der Waals surface area contributed by atoms with Gasteiger partial charge >= 0.3 is 0 Å². The molecule has 2 N–H and O–H groups in total. The minimum Gasteiger partial charge on any atom is -0.493 e. The minimum atomic E-state index is -0.361. The van der Waals surface area contributed by atoms with Crippen LogP contribution in [0.2, 0.25) is 0 Å². The summed E-state index contributed by atoms with van der Waals surface area (Å²) >= 11 is 1.21. The molecule has 0 unspecified atom stereocenters. The van der Waals surface area contributed by atoms with Gasteiger partial charge in [0.15, 0.2) is 16.5 Å². The van der Waals surface area contributed by atoms with E-state index in [0.717, 1.165) is 5.56 Å². The number of aliphatic hydroxyl groups excluding tert-OH is 1. The highest BCUT2D eigenvalue weighted by atomic mass is 32.1. The monoisotopic (exact) mass is 463 g/mol. The van der Waals surface area contributed by atoms with Crippen molar-refractivity contribution in [2.75, 3.05) is 19.0 Å². The maximum absolute atomic E-state index is 12.8. The smallest absolute Gasteiger partial charge is 0.257 e. The van der Waals surface area contributed by atoms with Crippen LogP contribution in [0.1, 0.15) is 28.4 Å². The molecule has 0 aliphatic heterocycles. The second kappa shape index (κ2) is 10.6. The molecule has 0 aliphatic carbocycles. The molecule has 4 aromatic rings. The Kier molecular flexibility index (Phi) is 7.18. The van der Waals surface area contributed by atoms with E-state index >= 15 is 0 Å². The maximum atomic E-state index is 12.8. The maximum Gasteiger partial charge on any atom is 0.257 e. The average molecular weight is 464 g/mol. The normalized spacial score (nSPS) is 11.6. The van der Waals surface area contributed by atoms with Crippen LogP contribution in [0.3, 0.4) is 0 Å². The Bertz CT molecular complexity index is 1200. The standard InChI is InChI=1S/C23H21N5O4S/c1-31-20-13-16(7-8-19(20)32-18(10-12-29)15-5-3-2-4-6-15)21(30)26-23-28-27-22(33-23)17-9-11-24-14-25-17/h2-9,11,13-14,18,29H,10,12H2,1H3,(H,26,28,30)/t18-/m0/s1. The number of anilines is 1. The molecule has 33 heavy (non-hydrogen) atoms. The number of aromatic nitrogens is 4. The molecule has 0 fully saturated rings. The molecule has 0 spiro atoms. The second-order valence-corrected chi connectivity index (χ2v) is 7.83. The van der Waals surface area contributed by atoms with Crippen molar-refractivity contribution in [3.8, 4) is 22.2 Å². The Morgan fingerprint density at radius 2 is 1.97 bits per heavy atom. The summed E-state index contributed by atoms with van der Waals surface area (Å²) in [4.78, 5) is 20.8. The zero-order chi connectivity index (χ0) is 23.0. The highest BCUT2D eigenvalue weighted by Crippen LogP contribution is 2.34. The summed E-state index contributed by atoms with van der Waals surface area (Å²) in [6, 6.07) is 16.2. The van der Waals surface area contributed by atoms with E-state index in [-0.39, 0.29) is 18.6 Å². The largest absolute Gasteiger partial charge is 0.493 e. The summed E-state index contributed by atoms with van der Waals surface area (Å²) in [5.41, 5.74) is 1.93. The number of amides is 1. The highest BCUT2D eigenvalue weighted by molar-refractivity contribution is 7.18. The van der Waals surface area contributed by atoms with Crippen molar-refractivity contribution in [2.45, 2.75) is 12.5 Å². The fourth-order valence-corrected chi connectivity index (χ4v) is 3.82. The molecule has 168 valence electrons. The van der Waals surface area contributed by atoms with Crippen LogP contribution in [0.5, 0.6) is 11.5 Å².